The Kier molecular flexibility index (Phi) is 3.94. The van der Waals surface area contributed by atoms with Gasteiger partial charge in [0, 0.05) is 6.00 Å². The van der Waals surface area contributed by atoms with Crippen molar-refractivity contribution >= 4 is 7.85 Å². The first-order chi connectivity index (χ1) is 5.33. The molecule has 0 aliphatic carbocycles. The molecule has 62 valence electrons. The van der Waals surface area contributed by atoms with E-state index in [1.807, 2.05) is 0 Å². The molecule has 1 aliphatic heterocycles. The van der Waals surface area contributed by atoms with Crippen molar-refractivity contribution in [3.05, 3.63) is 0 Å². The number of nitrogens with one attached hydrogen (secondary N) is 1. The summed E-state index contributed by atoms with van der Waals surface area (Å²) in [6.07, 6.45) is 3.66. The first kappa shape index (κ1) is 9.08. The zero-order valence-corrected chi connectivity index (χ0v) is 7.18. The predicted molar refractivity (Wildman–Crippen MR) is 46.8 cm³/mol. The lowest BCUT2D eigenvalue weighted by atomic mass is 9.97. The highest BCUT2D eigenvalue weighted by Gasteiger charge is 2.20. The summed E-state index contributed by atoms with van der Waals surface area (Å²) >= 11 is 0. The lowest BCUT2D eigenvalue weighted by molar-refractivity contribution is 0.0823. The Balaban J connectivity index is 1.99. The van der Waals surface area contributed by atoms with Gasteiger partial charge in [0.15, 0.2) is 0 Å². The van der Waals surface area contributed by atoms with Gasteiger partial charge in [0.05, 0.1) is 6.10 Å². The Morgan fingerprint density at radius 3 is 2.91 bits per heavy atom. The molecule has 0 amide bonds. The number of ether oxygens (including phenoxy) is 1. The molecule has 1 rings (SSSR count). The molecular formula is C8H16BNO. The number of hydrogen-bond donors (Lipinski definition) is 1. The van der Waals surface area contributed by atoms with Crippen molar-refractivity contribution in [1.82, 2.24) is 5.32 Å². The van der Waals surface area contributed by atoms with Gasteiger partial charge in [-0.2, -0.15) is 0 Å². The summed E-state index contributed by atoms with van der Waals surface area (Å²) in [6.45, 7) is 4.20. The topological polar surface area (TPSA) is 21.3 Å². The minimum atomic E-state index is 0.00151. The van der Waals surface area contributed by atoms with Crippen LogP contribution < -0.4 is 5.32 Å². The quantitative estimate of drug-likeness (QED) is 0.473. The average molecular weight is 153 g/mol. The second-order valence-electron chi connectivity index (χ2n) is 3.02. The largest absolute Gasteiger partial charge is 0.385 e. The van der Waals surface area contributed by atoms with Crippen LogP contribution in [0.5, 0.6) is 0 Å². The van der Waals surface area contributed by atoms with Crippen LogP contribution in [0.2, 0.25) is 0 Å². The Labute approximate surface area is 70.1 Å². The Hall–Kier alpha value is -0.0151. The van der Waals surface area contributed by atoms with Crippen LogP contribution in [0.15, 0.2) is 0 Å². The summed E-state index contributed by atoms with van der Waals surface area (Å²) in [5, 5.41) is 3.27. The zero-order valence-electron chi connectivity index (χ0n) is 7.18. The first-order valence-electron chi connectivity index (χ1n) is 4.44. The minimum Gasteiger partial charge on any atom is -0.385 e. The standard InChI is InChI=1S/C8H16BNO/c1-2-10-6-5-7-3-4-8(9)11-7/h7-8,10H,2-6H2,1H3. The fourth-order valence-corrected chi connectivity index (χ4v) is 1.39. The molecule has 2 unspecified atom stereocenters. The summed E-state index contributed by atoms with van der Waals surface area (Å²) in [4.78, 5) is 0. The van der Waals surface area contributed by atoms with Crippen LogP contribution in [0.1, 0.15) is 26.2 Å². The third kappa shape index (κ3) is 3.26. The first-order valence-corrected chi connectivity index (χ1v) is 4.44. The molecule has 3 heteroatoms. The fraction of sp³-hybridized carbons (Fsp3) is 1.00. The molecular weight excluding hydrogens is 137 g/mol. The maximum absolute atomic E-state index is 5.59. The molecule has 2 nitrogen and oxygen atoms in total. The Morgan fingerprint density at radius 1 is 1.55 bits per heavy atom. The number of rotatable bonds is 4. The molecule has 0 spiro atoms. The average Bonchev–Trinajstić information content (AvgIpc) is 2.37. The van der Waals surface area contributed by atoms with E-state index in [4.69, 9.17) is 12.6 Å². The molecule has 0 aromatic rings. The third-order valence-corrected chi connectivity index (χ3v) is 2.03. The van der Waals surface area contributed by atoms with Crippen molar-refractivity contribution in [3.8, 4) is 0 Å². The van der Waals surface area contributed by atoms with Crippen LogP contribution in [-0.2, 0) is 4.74 Å². The molecule has 1 heterocycles. The second kappa shape index (κ2) is 4.78. The molecule has 0 aromatic carbocycles. The van der Waals surface area contributed by atoms with Gasteiger partial charge in [0.1, 0.15) is 7.85 Å². The highest BCUT2D eigenvalue weighted by molar-refractivity contribution is 6.11. The van der Waals surface area contributed by atoms with Crippen molar-refractivity contribution in [2.45, 2.75) is 38.3 Å². The monoisotopic (exact) mass is 153 g/mol. The summed E-state index contributed by atoms with van der Waals surface area (Å²) in [7, 11) is 5.59. The van der Waals surface area contributed by atoms with Crippen LogP contribution in [0.25, 0.3) is 0 Å². The number of hydrogen-bond acceptors (Lipinski definition) is 2. The highest BCUT2D eigenvalue weighted by Crippen LogP contribution is 2.19. The van der Waals surface area contributed by atoms with Gasteiger partial charge in [-0.05, 0) is 32.4 Å². The van der Waals surface area contributed by atoms with E-state index in [-0.39, 0.29) is 6.00 Å². The third-order valence-electron chi connectivity index (χ3n) is 2.03. The van der Waals surface area contributed by atoms with E-state index < -0.39 is 0 Å². The SMILES string of the molecule is [B]C1CCC(CCNCC)O1. The van der Waals surface area contributed by atoms with Gasteiger partial charge < -0.3 is 10.1 Å². The smallest absolute Gasteiger partial charge is 0.109 e. The van der Waals surface area contributed by atoms with Gasteiger partial charge in [-0.15, -0.1) is 0 Å². The Bertz CT molecular complexity index is 110. The lowest BCUT2D eigenvalue weighted by Gasteiger charge is -2.10. The van der Waals surface area contributed by atoms with Gasteiger partial charge in [-0.1, -0.05) is 6.92 Å². The van der Waals surface area contributed by atoms with Crippen molar-refractivity contribution in [1.29, 1.82) is 0 Å². The van der Waals surface area contributed by atoms with E-state index in [2.05, 4.69) is 12.2 Å². The summed E-state index contributed by atoms with van der Waals surface area (Å²) in [5.74, 6) is 0. The highest BCUT2D eigenvalue weighted by atomic mass is 16.5. The summed E-state index contributed by atoms with van der Waals surface area (Å²) in [6, 6.07) is 0.00151. The van der Waals surface area contributed by atoms with Crippen molar-refractivity contribution in [3.63, 3.8) is 0 Å². The van der Waals surface area contributed by atoms with E-state index >= 15 is 0 Å². The van der Waals surface area contributed by atoms with Gasteiger partial charge >= 0.3 is 0 Å². The van der Waals surface area contributed by atoms with Crippen molar-refractivity contribution in [2.24, 2.45) is 0 Å². The normalized spacial score (nSPS) is 31.0. The maximum Gasteiger partial charge on any atom is 0.109 e. The molecule has 2 radical (unpaired) electrons. The molecule has 1 fully saturated rings. The van der Waals surface area contributed by atoms with Gasteiger partial charge in [-0.25, -0.2) is 0 Å². The van der Waals surface area contributed by atoms with E-state index in [1.165, 1.54) is 0 Å². The lowest BCUT2D eigenvalue weighted by Crippen LogP contribution is -2.20. The van der Waals surface area contributed by atoms with Crippen molar-refractivity contribution in [2.75, 3.05) is 13.1 Å². The van der Waals surface area contributed by atoms with Gasteiger partial charge in [-0.3, -0.25) is 0 Å². The van der Waals surface area contributed by atoms with Crippen LogP contribution in [0.4, 0.5) is 0 Å². The van der Waals surface area contributed by atoms with E-state index in [9.17, 15) is 0 Å². The zero-order chi connectivity index (χ0) is 8.10. The molecule has 0 saturated carbocycles. The molecule has 11 heavy (non-hydrogen) atoms. The van der Waals surface area contributed by atoms with Crippen LogP contribution in [0, 0.1) is 0 Å². The molecule has 2 atom stereocenters. The van der Waals surface area contributed by atoms with Crippen LogP contribution >= 0.6 is 0 Å². The van der Waals surface area contributed by atoms with E-state index in [0.29, 0.717) is 6.10 Å². The maximum atomic E-state index is 5.59. The van der Waals surface area contributed by atoms with Gasteiger partial charge in [0.2, 0.25) is 0 Å². The summed E-state index contributed by atoms with van der Waals surface area (Å²) in [5.41, 5.74) is 0. The van der Waals surface area contributed by atoms with Crippen LogP contribution in [0.3, 0.4) is 0 Å². The van der Waals surface area contributed by atoms with Crippen LogP contribution in [-0.4, -0.2) is 33.0 Å². The predicted octanol–water partition coefficient (Wildman–Crippen LogP) is 0.660. The molecule has 1 aliphatic rings. The minimum absolute atomic E-state index is 0.00151. The molecule has 0 bridgehead atoms. The molecule has 1 saturated heterocycles. The summed E-state index contributed by atoms with van der Waals surface area (Å²) < 4.78 is 5.45. The fourth-order valence-electron chi connectivity index (χ4n) is 1.39. The molecule has 0 aromatic heterocycles. The molecule has 1 N–H and O–H groups in total. The van der Waals surface area contributed by atoms with E-state index in [0.717, 1.165) is 32.4 Å². The van der Waals surface area contributed by atoms with Crippen molar-refractivity contribution < 1.29 is 4.74 Å². The van der Waals surface area contributed by atoms with Gasteiger partial charge in [0.25, 0.3) is 0 Å². The Morgan fingerprint density at radius 2 is 2.36 bits per heavy atom. The second-order valence-corrected chi connectivity index (χ2v) is 3.02. The van der Waals surface area contributed by atoms with E-state index in [1.54, 1.807) is 0 Å².